The van der Waals surface area contributed by atoms with Gasteiger partial charge in [0.2, 0.25) is 11.8 Å². The van der Waals surface area contributed by atoms with E-state index in [0.717, 1.165) is 15.4 Å². The topological polar surface area (TPSA) is 62.3 Å². The maximum absolute atomic E-state index is 12.5. The van der Waals surface area contributed by atoms with E-state index in [9.17, 15) is 9.59 Å². The molecule has 3 rings (SSSR count). The van der Waals surface area contributed by atoms with Crippen molar-refractivity contribution in [1.29, 1.82) is 0 Å². The van der Waals surface area contributed by atoms with Crippen molar-refractivity contribution >= 4 is 50.0 Å². The van der Waals surface area contributed by atoms with Gasteiger partial charge in [-0.05, 0) is 36.4 Å². The monoisotopic (exact) mass is 397 g/mol. The Hall–Kier alpha value is -2.73. The predicted molar refractivity (Wildman–Crippen MR) is 103 cm³/mol. The van der Waals surface area contributed by atoms with E-state index in [2.05, 4.69) is 26.2 Å². The second-order valence-electron chi connectivity index (χ2n) is 5.51. The molecule has 3 aromatic rings. The number of amides is 2. The number of carbonyl (C=O) groups is 2. The van der Waals surface area contributed by atoms with E-state index in [4.69, 9.17) is 0 Å². The standard InChI is InChI=1S/C19H16BrN3O2/c1-13(24)23(16-9-7-15(20)8-10-16)12-18(25)22-17-6-2-4-14-5-3-11-21-19(14)17/h2-11H,12H2,1H3,(H,22,25). The molecule has 0 saturated heterocycles. The van der Waals surface area contributed by atoms with Crippen molar-refractivity contribution in [2.45, 2.75) is 6.92 Å². The van der Waals surface area contributed by atoms with Gasteiger partial charge in [0.15, 0.2) is 0 Å². The van der Waals surface area contributed by atoms with Crippen LogP contribution in [0, 0.1) is 0 Å². The third-order valence-electron chi connectivity index (χ3n) is 3.73. The second-order valence-corrected chi connectivity index (χ2v) is 6.43. The predicted octanol–water partition coefficient (Wildman–Crippen LogP) is 3.99. The fourth-order valence-corrected chi connectivity index (χ4v) is 2.81. The summed E-state index contributed by atoms with van der Waals surface area (Å²) >= 11 is 3.36. The van der Waals surface area contributed by atoms with Crippen molar-refractivity contribution in [1.82, 2.24) is 4.98 Å². The van der Waals surface area contributed by atoms with Gasteiger partial charge in [-0.1, -0.05) is 34.1 Å². The molecular weight excluding hydrogens is 382 g/mol. The average molecular weight is 398 g/mol. The summed E-state index contributed by atoms with van der Waals surface area (Å²) in [5.74, 6) is -0.482. The Morgan fingerprint density at radius 2 is 1.80 bits per heavy atom. The Bertz CT molecular complexity index is 920. The van der Waals surface area contributed by atoms with Crippen molar-refractivity contribution in [3.05, 3.63) is 65.3 Å². The minimum Gasteiger partial charge on any atom is -0.323 e. The number of rotatable bonds is 4. The number of carbonyl (C=O) groups excluding carboxylic acids is 2. The molecule has 0 atom stereocenters. The molecule has 0 spiro atoms. The minimum absolute atomic E-state index is 0.0693. The second kappa shape index (κ2) is 7.44. The zero-order chi connectivity index (χ0) is 17.8. The molecule has 0 aliphatic heterocycles. The summed E-state index contributed by atoms with van der Waals surface area (Å²) in [6.45, 7) is 1.37. The Morgan fingerprint density at radius 1 is 1.08 bits per heavy atom. The van der Waals surface area contributed by atoms with Gasteiger partial charge in [-0.3, -0.25) is 14.6 Å². The molecule has 25 heavy (non-hydrogen) atoms. The van der Waals surface area contributed by atoms with Crippen molar-refractivity contribution in [2.75, 3.05) is 16.8 Å². The molecule has 0 aliphatic rings. The molecular formula is C19H16BrN3O2. The molecule has 1 aromatic heterocycles. The average Bonchev–Trinajstić information content (AvgIpc) is 2.61. The molecule has 5 nitrogen and oxygen atoms in total. The molecule has 2 aromatic carbocycles. The fourth-order valence-electron chi connectivity index (χ4n) is 2.54. The van der Waals surface area contributed by atoms with Crippen LogP contribution in [0.25, 0.3) is 10.9 Å². The van der Waals surface area contributed by atoms with Crippen LogP contribution in [-0.4, -0.2) is 23.3 Å². The van der Waals surface area contributed by atoms with Crippen LogP contribution >= 0.6 is 15.9 Å². The lowest BCUT2D eigenvalue weighted by Crippen LogP contribution is -2.36. The van der Waals surface area contributed by atoms with Gasteiger partial charge in [0.25, 0.3) is 0 Å². The number of benzene rings is 2. The zero-order valence-electron chi connectivity index (χ0n) is 13.6. The number of pyridine rings is 1. The number of hydrogen-bond donors (Lipinski definition) is 1. The number of hydrogen-bond acceptors (Lipinski definition) is 3. The number of nitrogens with zero attached hydrogens (tertiary/aromatic N) is 2. The maximum Gasteiger partial charge on any atom is 0.244 e. The van der Waals surface area contributed by atoms with Gasteiger partial charge in [-0.25, -0.2) is 0 Å². The molecule has 0 saturated carbocycles. The lowest BCUT2D eigenvalue weighted by Gasteiger charge is -2.21. The van der Waals surface area contributed by atoms with Crippen LogP contribution < -0.4 is 10.2 Å². The van der Waals surface area contributed by atoms with Crippen LogP contribution in [0.4, 0.5) is 11.4 Å². The van der Waals surface area contributed by atoms with E-state index >= 15 is 0 Å². The van der Waals surface area contributed by atoms with Crippen LogP contribution in [0.3, 0.4) is 0 Å². The number of para-hydroxylation sites is 1. The highest BCUT2D eigenvalue weighted by Gasteiger charge is 2.16. The van der Waals surface area contributed by atoms with E-state index in [1.807, 2.05) is 36.4 Å². The first-order valence-corrected chi connectivity index (χ1v) is 8.51. The molecule has 6 heteroatoms. The van der Waals surface area contributed by atoms with Crippen LogP contribution in [-0.2, 0) is 9.59 Å². The molecule has 0 unspecified atom stereocenters. The largest absolute Gasteiger partial charge is 0.323 e. The highest BCUT2D eigenvalue weighted by atomic mass is 79.9. The van der Waals surface area contributed by atoms with Gasteiger partial charge in [-0.2, -0.15) is 0 Å². The van der Waals surface area contributed by atoms with Crippen LogP contribution in [0.2, 0.25) is 0 Å². The highest BCUT2D eigenvalue weighted by Crippen LogP contribution is 2.22. The normalized spacial score (nSPS) is 10.5. The number of halogens is 1. The summed E-state index contributed by atoms with van der Waals surface area (Å²) in [6, 6.07) is 16.6. The maximum atomic E-state index is 12.5. The lowest BCUT2D eigenvalue weighted by molar-refractivity contribution is -0.120. The molecule has 0 bridgehead atoms. The summed E-state index contributed by atoms with van der Waals surface area (Å²) < 4.78 is 0.908. The lowest BCUT2D eigenvalue weighted by atomic mass is 10.2. The van der Waals surface area contributed by atoms with Gasteiger partial charge in [0.1, 0.15) is 6.54 Å². The van der Waals surface area contributed by atoms with E-state index in [-0.39, 0.29) is 18.4 Å². The van der Waals surface area contributed by atoms with Gasteiger partial charge in [-0.15, -0.1) is 0 Å². The molecule has 1 N–H and O–H groups in total. The van der Waals surface area contributed by atoms with Gasteiger partial charge < -0.3 is 10.2 Å². The third kappa shape index (κ3) is 4.03. The fraction of sp³-hybridized carbons (Fsp3) is 0.105. The third-order valence-corrected chi connectivity index (χ3v) is 4.26. The quantitative estimate of drug-likeness (QED) is 0.723. The molecule has 1 heterocycles. The zero-order valence-corrected chi connectivity index (χ0v) is 15.2. The minimum atomic E-state index is -0.281. The van der Waals surface area contributed by atoms with Crippen molar-refractivity contribution in [3.63, 3.8) is 0 Å². The van der Waals surface area contributed by atoms with E-state index in [1.54, 1.807) is 24.4 Å². The summed E-state index contributed by atoms with van der Waals surface area (Å²) in [5, 5.41) is 3.79. The Morgan fingerprint density at radius 3 is 2.52 bits per heavy atom. The number of aromatic nitrogens is 1. The number of anilines is 2. The Balaban J connectivity index is 1.80. The number of fused-ring (bicyclic) bond motifs is 1. The van der Waals surface area contributed by atoms with Crippen LogP contribution in [0.5, 0.6) is 0 Å². The Kier molecular flexibility index (Phi) is 5.09. The first kappa shape index (κ1) is 17.1. The van der Waals surface area contributed by atoms with Crippen LogP contribution in [0.15, 0.2) is 65.3 Å². The first-order valence-electron chi connectivity index (χ1n) is 7.72. The SMILES string of the molecule is CC(=O)N(CC(=O)Nc1cccc2cccnc12)c1ccc(Br)cc1. The number of nitrogens with one attached hydrogen (secondary N) is 1. The van der Waals surface area contributed by atoms with E-state index < -0.39 is 0 Å². The molecule has 0 fully saturated rings. The Labute approximate surface area is 153 Å². The van der Waals surface area contributed by atoms with Gasteiger partial charge >= 0.3 is 0 Å². The smallest absolute Gasteiger partial charge is 0.244 e. The highest BCUT2D eigenvalue weighted by molar-refractivity contribution is 9.10. The van der Waals surface area contributed by atoms with Crippen LogP contribution in [0.1, 0.15) is 6.92 Å². The molecule has 0 aliphatic carbocycles. The van der Waals surface area contributed by atoms with E-state index in [0.29, 0.717) is 11.4 Å². The molecule has 0 radical (unpaired) electrons. The van der Waals surface area contributed by atoms with Crippen molar-refractivity contribution in [3.8, 4) is 0 Å². The molecule has 2 amide bonds. The summed E-state index contributed by atoms with van der Waals surface area (Å²) in [5.41, 5.74) is 2.01. The van der Waals surface area contributed by atoms with E-state index in [1.165, 1.54) is 11.8 Å². The summed E-state index contributed by atoms with van der Waals surface area (Å²) in [6.07, 6.45) is 1.68. The van der Waals surface area contributed by atoms with Gasteiger partial charge in [0.05, 0.1) is 11.2 Å². The van der Waals surface area contributed by atoms with Gasteiger partial charge in [0, 0.05) is 28.7 Å². The first-order chi connectivity index (χ1) is 12.0. The molecule has 126 valence electrons. The van der Waals surface area contributed by atoms with Crippen molar-refractivity contribution in [2.24, 2.45) is 0 Å². The summed E-state index contributed by atoms with van der Waals surface area (Å²) in [4.78, 5) is 30.2. The van der Waals surface area contributed by atoms with Crippen molar-refractivity contribution < 1.29 is 9.59 Å². The summed E-state index contributed by atoms with van der Waals surface area (Å²) in [7, 11) is 0.